The molecule has 0 aliphatic carbocycles. The second-order valence-electron chi connectivity index (χ2n) is 3.74. The monoisotopic (exact) mass is 218 g/mol. The average Bonchev–Trinajstić information content (AvgIpc) is 2.19. The van der Waals surface area contributed by atoms with E-state index in [0.717, 1.165) is 10.9 Å². The Morgan fingerprint density at radius 1 is 1.50 bits per heavy atom. The van der Waals surface area contributed by atoms with Gasteiger partial charge < -0.3 is 5.73 Å². The molecule has 1 aromatic carbocycles. The van der Waals surface area contributed by atoms with Crippen molar-refractivity contribution in [2.45, 2.75) is 13.3 Å². The number of halogens is 1. The van der Waals surface area contributed by atoms with Crippen molar-refractivity contribution in [2.24, 2.45) is 5.73 Å². The van der Waals surface area contributed by atoms with E-state index in [2.05, 4.69) is 4.98 Å². The normalized spacial score (nSPS) is 10.6. The van der Waals surface area contributed by atoms with E-state index in [-0.39, 0.29) is 6.42 Å². The van der Waals surface area contributed by atoms with Gasteiger partial charge in [-0.2, -0.15) is 0 Å². The van der Waals surface area contributed by atoms with Crippen LogP contribution in [0.25, 0.3) is 10.9 Å². The van der Waals surface area contributed by atoms with Gasteiger partial charge in [-0.1, -0.05) is 0 Å². The number of nitrogens with two attached hydrogens (primary N) is 1. The van der Waals surface area contributed by atoms with Gasteiger partial charge in [0.25, 0.3) is 0 Å². The molecule has 0 aliphatic heterocycles. The standard InChI is InChI=1S/C12H11FN2O/c1-7-2-3-15-12-9(7)4-8(5-10(12)13)6-11(14)16/h2-5H,6H2,1H3,(H2,14,16). The number of fused-ring (bicyclic) bond motifs is 1. The molecule has 2 aromatic rings. The van der Waals surface area contributed by atoms with Crippen LogP contribution >= 0.6 is 0 Å². The third-order valence-electron chi connectivity index (χ3n) is 2.45. The van der Waals surface area contributed by atoms with Gasteiger partial charge in [-0.05, 0) is 36.2 Å². The van der Waals surface area contributed by atoms with Crippen molar-refractivity contribution in [1.29, 1.82) is 0 Å². The lowest BCUT2D eigenvalue weighted by Gasteiger charge is -2.05. The lowest BCUT2D eigenvalue weighted by molar-refractivity contribution is -0.117. The lowest BCUT2D eigenvalue weighted by Crippen LogP contribution is -2.13. The van der Waals surface area contributed by atoms with Crippen LogP contribution in [0.4, 0.5) is 4.39 Å². The molecule has 82 valence electrons. The van der Waals surface area contributed by atoms with Gasteiger partial charge in [0.05, 0.1) is 6.42 Å². The largest absolute Gasteiger partial charge is 0.369 e. The molecule has 0 spiro atoms. The number of hydrogen-bond acceptors (Lipinski definition) is 2. The molecule has 0 atom stereocenters. The van der Waals surface area contributed by atoms with Gasteiger partial charge in [0.15, 0.2) is 0 Å². The van der Waals surface area contributed by atoms with Crippen molar-refractivity contribution < 1.29 is 9.18 Å². The summed E-state index contributed by atoms with van der Waals surface area (Å²) in [6.45, 7) is 1.87. The second kappa shape index (κ2) is 3.89. The van der Waals surface area contributed by atoms with Crippen LogP contribution in [0.3, 0.4) is 0 Å². The molecule has 0 fully saturated rings. The maximum atomic E-state index is 13.7. The maximum Gasteiger partial charge on any atom is 0.221 e. The van der Waals surface area contributed by atoms with E-state index in [4.69, 9.17) is 5.73 Å². The summed E-state index contributed by atoms with van der Waals surface area (Å²) in [7, 11) is 0. The highest BCUT2D eigenvalue weighted by atomic mass is 19.1. The first-order valence-electron chi connectivity index (χ1n) is 4.90. The molecule has 0 unspecified atom stereocenters. The van der Waals surface area contributed by atoms with Crippen LogP contribution in [0.1, 0.15) is 11.1 Å². The van der Waals surface area contributed by atoms with Crippen LogP contribution in [0.15, 0.2) is 24.4 Å². The minimum Gasteiger partial charge on any atom is -0.369 e. The fraction of sp³-hybridized carbons (Fsp3) is 0.167. The molecule has 0 aliphatic rings. The van der Waals surface area contributed by atoms with Crippen LogP contribution < -0.4 is 5.73 Å². The number of amides is 1. The molecular formula is C12H11FN2O. The van der Waals surface area contributed by atoms with Gasteiger partial charge in [-0.25, -0.2) is 4.39 Å². The molecule has 3 nitrogen and oxygen atoms in total. The number of aryl methyl sites for hydroxylation is 1. The van der Waals surface area contributed by atoms with E-state index in [1.54, 1.807) is 18.3 Å². The van der Waals surface area contributed by atoms with Gasteiger partial charge in [0.2, 0.25) is 5.91 Å². The highest BCUT2D eigenvalue weighted by Gasteiger charge is 2.08. The molecule has 0 radical (unpaired) electrons. The number of primary amides is 1. The Morgan fingerprint density at radius 2 is 2.25 bits per heavy atom. The molecule has 1 heterocycles. The highest BCUT2D eigenvalue weighted by molar-refractivity contribution is 5.85. The number of carbonyl (C=O) groups excluding carboxylic acids is 1. The smallest absolute Gasteiger partial charge is 0.221 e. The zero-order valence-corrected chi connectivity index (χ0v) is 8.83. The van der Waals surface area contributed by atoms with E-state index in [1.165, 1.54) is 6.07 Å². The number of aromatic nitrogens is 1. The van der Waals surface area contributed by atoms with Crippen LogP contribution in [0.2, 0.25) is 0 Å². The summed E-state index contributed by atoms with van der Waals surface area (Å²) in [4.78, 5) is 14.8. The fourth-order valence-corrected chi connectivity index (χ4v) is 1.70. The Labute approximate surface area is 92.1 Å². The Morgan fingerprint density at radius 3 is 2.94 bits per heavy atom. The molecule has 4 heteroatoms. The maximum absolute atomic E-state index is 13.7. The predicted octanol–water partition coefficient (Wildman–Crippen LogP) is 1.71. The molecule has 0 saturated carbocycles. The van der Waals surface area contributed by atoms with Gasteiger partial charge in [0.1, 0.15) is 11.3 Å². The Bertz CT molecular complexity index is 566. The predicted molar refractivity (Wildman–Crippen MR) is 59.3 cm³/mol. The number of hydrogen-bond donors (Lipinski definition) is 1. The summed E-state index contributed by atoms with van der Waals surface area (Å²) < 4.78 is 13.7. The molecule has 0 bridgehead atoms. The average molecular weight is 218 g/mol. The van der Waals surface area contributed by atoms with Crippen molar-refractivity contribution >= 4 is 16.8 Å². The van der Waals surface area contributed by atoms with Crippen molar-refractivity contribution in [3.63, 3.8) is 0 Å². The van der Waals surface area contributed by atoms with Gasteiger partial charge in [-0.15, -0.1) is 0 Å². The number of carbonyl (C=O) groups is 1. The summed E-state index contributed by atoms with van der Waals surface area (Å²) in [5.74, 6) is -0.891. The molecule has 0 saturated heterocycles. The molecule has 2 N–H and O–H groups in total. The number of nitrogens with zero attached hydrogens (tertiary/aromatic N) is 1. The SMILES string of the molecule is Cc1ccnc2c(F)cc(CC(N)=O)cc12. The first kappa shape index (κ1) is 10.5. The number of pyridine rings is 1. The minimum absolute atomic E-state index is 0.0429. The molecule has 2 rings (SSSR count). The third-order valence-corrected chi connectivity index (χ3v) is 2.45. The number of rotatable bonds is 2. The molecule has 1 aromatic heterocycles. The zero-order valence-electron chi connectivity index (χ0n) is 8.83. The Hall–Kier alpha value is -1.97. The first-order valence-corrected chi connectivity index (χ1v) is 4.90. The van der Waals surface area contributed by atoms with E-state index in [9.17, 15) is 9.18 Å². The summed E-state index contributed by atoms with van der Waals surface area (Å²) >= 11 is 0. The van der Waals surface area contributed by atoms with Gasteiger partial charge in [-0.3, -0.25) is 9.78 Å². The van der Waals surface area contributed by atoms with Crippen molar-refractivity contribution in [1.82, 2.24) is 4.98 Å². The van der Waals surface area contributed by atoms with Crippen LogP contribution in [0.5, 0.6) is 0 Å². The van der Waals surface area contributed by atoms with Crippen LogP contribution in [0, 0.1) is 12.7 Å². The Kier molecular flexibility index (Phi) is 2.56. The third kappa shape index (κ3) is 1.86. The summed E-state index contributed by atoms with van der Waals surface area (Å²) in [5, 5.41) is 0.721. The van der Waals surface area contributed by atoms with Crippen LogP contribution in [-0.4, -0.2) is 10.9 Å². The summed E-state index contributed by atoms with van der Waals surface area (Å²) in [6.07, 6.45) is 1.61. The first-order chi connectivity index (χ1) is 7.58. The van der Waals surface area contributed by atoms with Crippen molar-refractivity contribution in [3.05, 3.63) is 41.3 Å². The van der Waals surface area contributed by atoms with E-state index in [1.807, 2.05) is 6.92 Å². The van der Waals surface area contributed by atoms with Gasteiger partial charge in [0, 0.05) is 11.6 Å². The topological polar surface area (TPSA) is 56.0 Å². The van der Waals surface area contributed by atoms with E-state index in [0.29, 0.717) is 11.1 Å². The molecule has 1 amide bonds. The Balaban J connectivity index is 2.65. The summed E-state index contributed by atoms with van der Waals surface area (Å²) in [5.41, 5.74) is 6.91. The van der Waals surface area contributed by atoms with Crippen LogP contribution in [-0.2, 0) is 11.2 Å². The van der Waals surface area contributed by atoms with E-state index < -0.39 is 11.7 Å². The van der Waals surface area contributed by atoms with Crippen molar-refractivity contribution in [2.75, 3.05) is 0 Å². The number of benzene rings is 1. The van der Waals surface area contributed by atoms with E-state index >= 15 is 0 Å². The minimum atomic E-state index is -0.472. The quantitative estimate of drug-likeness (QED) is 0.834. The molecule has 16 heavy (non-hydrogen) atoms. The fourth-order valence-electron chi connectivity index (χ4n) is 1.70. The van der Waals surface area contributed by atoms with Gasteiger partial charge >= 0.3 is 0 Å². The zero-order chi connectivity index (χ0) is 11.7. The summed E-state index contributed by atoms with van der Waals surface area (Å²) in [6, 6.07) is 4.86. The van der Waals surface area contributed by atoms with Crippen molar-refractivity contribution in [3.8, 4) is 0 Å². The lowest BCUT2D eigenvalue weighted by atomic mass is 10.0. The highest BCUT2D eigenvalue weighted by Crippen LogP contribution is 2.21. The second-order valence-corrected chi connectivity index (χ2v) is 3.74. The molecular weight excluding hydrogens is 207 g/mol.